The van der Waals surface area contributed by atoms with Gasteiger partial charge in [-0.3, -0.25) is 9.97 Å². The monoisotopic (exact) mass is 235 g/mol. The zero-order valence-electron chi connectivity index (χ0n) is 10.6. The Morgan fingerprint density at radius 2 is 2.41 bits per heavy atom. The smallest absolute Gasteiger partial charge is 0.0812 e. The van der Waals surface area contributed by atoms with Gasteiger partial charge in [0, 0.05) is 19.0 Å². The van der Waals surface area contributed by atoms with Crippen LogP contribution in [0.4, 0.5) is 0 Å². The Bertz CT molecular complexity index is 331. The van der Waals surface area contributed by atoms with E-state index in [0.29, 0.717) is 5.92 Å². The van der Waals surface area contributed by atoms with Crippen molar-refractivity contribution >= 4 is 0 Å². The average molecular weight is 235 g/mol. The Balaban J connectivity index is 2.13. The van der Waals surface area contributed by atoms with Gasteiger partial charge in [0.05, 0.1) is 24.0 Å². The summed E-state index contributed by atoms with van der Waals surface area (Å²) in [6.07, 6.45) is 7.75. The summed E-state index contributed by atoms with van der Waals surface area (Å²) in [5.41, 5.74) is 0.986. The van der Waals surface area contributed by atoms with Gasteiger partial charge >= 0.3 is 0 Å². The Kier molecular flexibility index (Phi) is 4.45. The normalized spacial score (nSPS) is 26.0. The maximum atomic E-state index is 5.85. The lowest BCUT2D eigenvalue weighted by Crippen LogP contribution is -2.35. The zero-order chi connectivity index (χ0) is 12.1. The maximum Gasteiger partial charge on any atom is 0.0812 e. The van der Waals surface area contributed by atoms with Crippen molar-refractivity contribution in [1.29, 1.82) is 0 Å². The largest absolute Gasteiger partial charge is 0.376 e. The van der Waals surface area contributed by atoms with Gasteiger partial charge in [-0.25, -0.2) is 0 Å². The molecule has 1 aromatic rings. The van der Waals surface area contributed by atoms with E-state index in [1.807, 2.05) is 6.20 Å². The van der Waals surface area contributed by atoms with E-state index in [1.54, 1.807) is 12.4 Å². The standard InChI is InChI=1S/C13H21N3O/c1-3-5-16-12(11-9-14-6-7-15-11)13-10(2)4-8-17-13/h6-7,9-10,12-13,16H,3-5,8H2,1-2H3. The van der Waals surface area contributed by atoms with Gasteiger partial charge in [-0.2, -0.15) is 0 Å². The highest BCUT2D eigenvalue weighted by molar-refractivity contribution is 5.06. The first-order valence-corrected chi connectivity index (χ1v) is 6.43. The molecule has 4 nitrogen and oxygen atoms in total. The second-order valence-corrected chi connectivity index (χ2v) is 4.66. The SMILES string of the molecule is CCCNC(c1cnccn1)C1OCCC1C. The molecule has 0 saturated carbocycles. The highest BCUT2D eigenvalue weighted by Gasteiger charge is 2.33. The van der Waals surface area contributed by atoms with Crippen molar-refractivity contribution < 1.29 is 4.74 Å². The topological polar surface area (TPSA) is 47.0 Å². The lowest BCUT2D eigenvalue weighted by molar-refractivity contribution is 0.0593. The average Bonchev–Trinajstić information content (AvgIpc) is 2.78. The molecule has 1 fully saturated rings. The fourth-order valence-corrected chi connectivity index (χ4v) is 2.30. The van der Waals surface area contributed by atoms with Crippen molar-refractivity contribution in [2.75, 3.05) is 13.2 Å². The lowest BCUT2D eigenvalue weighted by Gasteiger charge is -2.26. The summed E-state index contributed by atoms with van der Waals surface area (Å²) >= 11 is 0. The van der Waals surface area contributed by atoms with Crippen molar-refractivity contribution in [3.63, 3.8) is 0 Å². The van der Waals surface area contributed by atoms with Gasteiger partial charge < -0.3 is 10.1 Å². The van der Waals surface area contributed by atoms with Gasteiger partial charge in [0.2, 0.25) is 0 Å². The van der Waals surface area contributed by atoms with E-state index in [1.165, 1.54) is 0 Å². The van der Waals surface area contributed by atoms with E-state index in [4.69, 9.17) is 4.74 Å². The minimum Gasteiger partial charge on any atom is -0.376 e. The van der Waals surface area contributed by atoms with Crippen molar-refractivity contribution in [2.45, 2.75) is 38.8 Å². The van der Waals surface area contributed by atoms with Crippen molar-refractivity contribution in [2.24, 2.45) is 5.92 Å². The van der Waals surface area contributed by atoms with Crippen molar-refractivity contribution in [1.82, 2.24) is 15.3 Å². The molecule has 0 aromatic carbocycles. The molecule has 1 aliphatic rings. The van der Waals surface area contributed by atoms with Crippen molar-refractivity contribution in [3.05, 3.63) is 24.3 Å². The van der Waals surface area contributed by atoms with Crippen LogP contribution in [0.5, 0.6) is 0 Å². The summed E-state index contributed by atoms with van der Waals surface area (Å²) in [5.74, 6) is 0.575. The molecule has 17 heavy (non-hydrogen) atoms. The molecule has 4 heteroatoms. The third-order valence-electron chi connectivity index (χ3n) is 3.29. The first-order valence-electron chi connectivity index (χ1n) is 6.43. The highest BCUT2D eigenvalue weighted by atomic mass is 16.5. The third-order valence-corrected chi connectivity index (χ3v) is 3.29. The van der Waals surface area contributed by atoms with Crippen LogP contribution in [0.15, 0.2) is 18.6 Å². The van der Waals surface area contributed by atoms with Gasteiger partial charge in [0.1, 0.15) is 0 Å². The number of nitrogens with zero attached hydrogens (tertiary/aromatic N) is 2. The van der Waals surface area contributed by atoms with E-state index in [-0.39, 0.29) is 12.1 Å². The summed E-state index contributed by atoms with van der Waals surface area (Å²) in [6.45, 7) is 6.25. The summed E-state index contributed by atoms with van der Waals surface area (Å²) in [6, 6.07) is 0.168. The summed E-state index contributed by atoms with van der Waals surface area (Å²) in [5, 5.41) is 3.53. The van der Waals surface area contributed by atoms with Gasteiger partial charge in [-0.1, -0.05) is 13.8 Å². The summed E-state index contributed by atoms with van der Waals surface area (Å²) < 4.78 is 5.85. The predicted molar refractivity (Wildman–Crippen MR) is 66.6 cm³/mol. The fourth-order valence-electron chi connectivity index (χ4n) is 2.30. The Labute approximate surface area is 103 Å². The molecular formula is C13H21N3O. The second-order valence-electron chi connectivity index (χ2n) is 4.66. The molecule has 1 saturated heterocycles. The zero-order valence-corrected chi connectivity index (χ0v) is 10.6. The molecule has 0 amide bonds. The molecule has 0 aliphatic carbocycles. The van der Waals surface area contributed by atoms with E-state index < -0.39 is 0 Å². The molecule has 1 aliphatic heterocycles. The molecule has 0 spiro atoms. The molecular weight excluding hydrogens is 214 g/mol. The molecule has 2 rings (SSSR count). The van der Waals surface area contributed by atoms with Crippen LogP contribution in [0, 0.1) is 5.92 Å². The lowest BCUT2D eigenvalue weighted by atomic mass is 9.95. The van der Waals surface area contributed by atoms with E-state index >= 15 is 0 Å². The summed E-state index contributed by atoms with van der Waals surface area (Å²) in [4.78, 5) is 8.56. The van der Waals surface area contributed by atoms with Gasteiger partial charge in [-0.05, 0) is 25.3 Å². The minimum atomic E-state index is 0.168. The van der Waals surface area contributed by atoms with Gasteiger partial charge in [0.15, 0.2) is 0 Å². The Morgan fingerprint density at radius 1 is 1.53 bits per heavy atom. The van der Waals surface area contributed by atoms with E-state index in [0.717, 1.165) is 31.7 Å². The van der Waals surface area contributed by atoms with E-state index in [9.17, 15) is 0 Å². The number of rotatable bonds is 5. The Hall–Kier alpha value is -1.00. The van der Waals surface area contributed by atoms with Crippen LogP contribution in [-0.2, 0) is 4.74 Å². The third kappa shape index (κ3) is 3.01. The van der Waals surface area contributed by atoms with Crippen LogP contribution < -0.4 is 5.32 Å². The minimum absolute atomic E-state index is 0.168. The van der Waals surface area contributed by atoms with Crippen molar-refractivity contribution in [3.8, 4) is 0 Å². The quantitative estimate of drug-likeness (QED) is 0.847. The molecule has 0 radical (unpaired) electrons. The molecule has 2 heterocycles. The predicted octanol–water partition coefficient (Wildman–Crippen LogP) is 1.94. The maximum absolute atomic E-state index is 5.85. The van der Waals surface area contributed by atoms with Crippen LogP contribution in [0.3, 0.4) is 0 Å². The van der Waals surface area contributed by atoms with Crippen LogP contribution in [0.1, 0.15) is 38.4 Å². The molecule has 1 N–H and O–H groups in total. The highest BCUT2D eigenvalue weighted by Crippen LogP contribution is 2.30. The second kappa shape index (κ2) is 6.07. The molecule has 0 bridgehead atoms. The Morgan fingerprint density at radius 3 is 3.00 bits per heavy atom. The molecule has 3 unspecified atom stereocenters. The summed E-state index contributed by atoms with van der Waals surface area (Å²) in [7, 11) is 0. The van der Waals surface area contributed by atoms with E-state index in [2.05, 4.69) is 29.1 Å². The molecule has 1 aromatic heterocycles. The van der Waals surface area contributed by atoms with Gasteiger partial charge in [-0.15, -0.1) is 0 Å². The van der Waals surface area contributed by atoms with Crippen LogP contribution in [-0.4, -0.2) is 29.2 Å². The number of ether oxygens (including phenoxy) is 1. The van der Waals surface area contributed by atoms with Crippen LogP contribution in [0.2, 0.25) is 0 Å². The van der Waals surface area contributed by atoms with Gasteiger partial charge in [0.25, 0.3) is 0 Å². The van der Waals surface area contributed by atoms with Crippen LogP contribution in [0.25, 0.3) is 0 Å². The molecule has 3 atom stereocenters. The first-order chi connectivity index (χ1) is 8.33. The number of aromatic nitrogens is 2. The number of hydrogen-bond donors (Lipinski definition) is 1. The number of nitrogens with one attached hydrogen (secondary N) is 1. The van der Waals surface area contributed by atoms with Crippen LogP contribution >= 0.6 is 0 Å². The first kappa shape index (κ1) is 12.5. The fraction of sp³-hybridized carbons (Fsp3) is 0.692. The number of hydrogen-bond acceptors (Lipinski definition) is 4. The molecule has 94 valence electrons.